The average Bonchev–Trinajstić information content (AvgIpc) is 2.40. The van der Waals surface area contributed by atoms with E-state index in [0.29, 0.717) is 17.1 Å². The fourth-order valence-electron chi connectivity index (χ4n) is 1.88. The van der Waals surface area contributed by atoms with Gasteiger partial charge in [0, 0.05) is 23.2 Å². The molecule has 19 heavy (non-hydrogen) atoms. The van der Waals surface area contributed by atoms with Gasteiger partial charge in [-0.05, 0) is 24.6 Å². The summed E-state index contributed by atoms with van der Waals surface area (Å²) >= 11 is 11.9. The standard InChI is InChI=1S/C15H14Cl2FN/c1-10(12-6-2-3-7-13(12)16)19-9-11-5-4-8-14(17)15(11)18/h2-8,10,19H,9H2,1H3/t10-/m1/s1. The van der Waals surface area contributed by atoms with Gasteiger partial charge >= 0.3 is 0 Å². The van der Waals surface area contributed by atoms with Crippen molar-refractivity contribution in [1.29, 1.82) is 0 Å². The fourth-order valence-corrected chi connectivity index (χ4v) is 2.38. The number of benzene rings is 2. The highest BCUT2D eigenvalue weighted by Crippen LogP contribution is 2.23. The molecule has 0 unspecified atom stereocenters. The molecule has 0 heterocycles. The Kier molecular flexibility index (Phi) is 4.81. The minimum Gasteiger partial charge on any atom is -0.306 e. The lowest BCUT2D eigenvalue weighted by atomic mass is 10.1. The minimum absolute atomic E-state index is 0.0343. The normalized spacial score (nSPS) is 12.4. The Hall–Kier alpha value is -1.09. The summed E-state index contributed by atoms with van der Waals surface area (Å²) in [6.07, 6.45) is 0. The maximum Gasteiger partial charge on any atom is 0.146 e. The summed E-state index contributed by atoms with van der Waals surface area (Å²) in [6.45, 7) is 2.39. The van der Waals surface area contributed by atoms with Crippen LogP contribution in [0.4, 0.5) is 4.39 Å². The third-order valence-corrected chi connectivity index (χ3v) is 3.64. The van der Waals surface area contributed by atoms with E-state index in [0.717, 1.165) is 5.56 Å². The van der Waals surface area contributed by atoms with Crippen molar-refractivity contribution in [3.8, 4) is 0 Å². The van der Waals surface area contributed by atoms with E-state index in [1.165, 1.54) is 6.07 Å². The van der Waals surface area contributed by atoms with E-state index in [2.05, 4.69) is 5.32 Å². The van der Waals surface area contributed by atoms with E-state index in [-0.39, 0.29) is 16.9 Å². The molecule has 4 heteroatoms. The lowest BCUT2D eigenvalue weighted by Gasteiger charge is -2.16. The van der Waals surface area contributed by atoms with Gasteiger partial charge in [0.25, 0.3) is 0 Å². The van der Waals surface area contributed by atoms with E-state index in [1.807, 2.05) is 31.2 Å². The van der Waals surface area contributed by atoms with Crippen LogP contribution in [0.3, 0.4) is 0 Å². The Morgan fingerprint density at radius 2 is 1.74 bits per heavy atom. The second-order valence-electron chi connectivity index (χ2n) is 4.34. The lowest BCUT2D eigenvalue weighted by Crippen LogP contribution is -2.19. The molecular weight excluding hydrogens is 284 g/mol. The van der Waals surface area contributed by atoms with E-state index in [9.17, 15) is 4.39 Å². The van der Waals surface area contributed by atoms with Crippen molar-refractivity contribution in [2.75, 3.05) is 0 Å². The quantitative estimate of drug-likeness (QED) is 0.839. The Labute approximate surface area is 122 Å². The molecular formula is C15H14Cl2FN. The van der Waals surface area contributed by atoms with Gasteiger partial charge in [-0.15, -0.1) is 0 Å². The number of hydrogen-bond donors (Lipinski definition) is 1. The highest BCUT2D eigenvalue weighted by Gasteiger charge is 2.11. The molecule has 0 aliphatic carbocycles. The van der Waals surface area contributed by atoms with Gasteiger partial charge in [0.05, 0.1) is 5.02 Å². The topological polar surface area (TPSA) is 12.0 Å². The summed E-state index contributed by atoms with van der Waals surface area (Å²) in [5, 5.41) is 4.09. The summed E-state index contributed by atoms with van der Waals surface area (Å²) in [5.41, 5.74) is 1.54. The van der Waals surface area contributed by atoms with Crippen LogP contribution in [0.5, 0.6) is 0 Å². The Morgan fingerprint density at radius 3 is 2.47 bits per heavy atom. The molecule has 2 aromatic carbocycles. The summed E-state index contributed by atoms with van der Waals surface area (Å²) in [6, 6.07) is 12.6. The molecule has 0 saturated carbocycles. The molecule has 0 radical (unpaired) electrons. The molecule has 0 aromatic heterocycles. The van der Waals surface area contributed by atoms with Crippen molar-refractivity contribution < 1.29 is 4.39 Å². The van der Waals surface area contributed by atoms with Gasteiger partial charge in [0.15, 0.2) is 0 Å². The highest BCUT2D eigenvalue weighted by atomic mass is 35.5. The second kappa shape index (κ2) is 6.38. The highest BCUT2D eigenvalue weighted by molar-refractivity contribution is 6.31. The van der Waals surface area contributed by atoms with Gasteiger partial charge in [-0.25, -0.2) is 4.39 Å². The lowest BCUT2D eigenvalue weighted by molar-refractivity contribution is 0.544. The third-order valence-electron chi connectivity index (χ3n) is 3.00. The fraction of sp³-hybridized carbons (Fsp3) is 0.200. The van der Waals surface area contributed by atoms with Crippen molar-refractivity contribution in [1.82, 2.24) is 5.32 Å². The molecule has 0 saturated heterocycles. The summed E-state index contributed by atoms with van der Waals surface area (Å²) in [5.74, 6) is -0.372. The van der Waals surface area contributed by atoms with Crippen LogP contribution in [0.15, 0.2) is 42.5 Å². The van der Waals surface area contributed by atoms with Gasteiger partial charge < -0.3 is 5.32 Å². The van der Waals surface area contributed by atoms with Gasteiger partial charge in [0.2, 0.25) is 0 Å². The second-order valence-corrected chi connectivity index (χ2v) is 5.15. The van der Waals surface area contributed by atoms with Gasteiger partial charge in [-0.1, -0.05) is 53.5 Å². The third kappa shape index (κ3) is 3.47. The van der Waals surface area contributed by atoms with Crippen LogP contribution in [-0.2, 0) is 6.54 Å². The molecule has 0 aliphatic rings. The van der Waals surface area contributed by atoms with Crippen molar-refractivity contribution in [2.24, 2.45) is 0 Å². The first-order chi connectivity index (χ1) is 9.09. The Morgan fingerprint density at radius 1 is 1.05 bits per heavy atom. The van der Waals surface area contributed by atoms with Crippen molar-refractivity contribution >= 4 is 23.2 Å². The first kappa shape index (κ1) is 14.3. The van der Waals surface area contributed by atoms with Gasteiger partial charge in [-0.3, -0.25) is 0 Å². The average molecular weight is 298 g/mol. The van der Waals surface area contributed by atoms with Crippen LogP contribution < -0.4 is 5.32 Å². The van der Waals surface area contributed by atoms with E-state index in [4.69, 9.17) is 23.2 Å². The van der Waals surface area contributed by atoms with Crippen LogP contribution >= 0.6 is 23.2 Å². The molecule has 100 valence electrons. The van der Waals surface area contributed by atoms with E-state index in [1.54, 1.807) is 12.1 Å². The van der Waals surface area contributed by atoms with Crippen molar-refractivity contribution in [2.45, 2.75) is 19.5 Å². The van der Waals surface area contributed by atoms with Crippen molar-refractivity contribution in [3.63, 3.8) is 0 Å². The van der Waals surface area contributed by atoms with Crippen LogP contribution in [0, 0.1) is 5.82 Å². The smallest absolute Gasteiger partial charge is 0.146 e. The molecule has 2 aromatic rings. The largest absolute Gasteiger partial charge is 0.306 e. The SMILES string of the molecule is C[C@@H](NCc1cccc(Cl)c1F)c1ccccc1Cl. The molecule has 1 nitrogen and oxygen atoms in total. The number of halogens is 3. The van der Waals surface area contributed by atoms with Gasteiger partial charge in [0.1, 0.15) is 5.82 Å². The molecule has 0 bridgehead atoms. The summed E-state index contributed by atoms with van der Waals surface area (Å²) in [4.78, 5) is 0. The minimum atomic E-state index is -0.372. The maximum absolute atomic E-state index is 13.7. The molecule has 0 spiro atoms. The number of rotatable bonds is 4. The zero-order valence-electron chi connectivity index (χ0n) is 10.5. The molecule has 0 amide bonds. The van der Waals surface area contributed by atoms with Crippen LogP contribution in [0.25, 0.3) is 0 Å². The molecule has 2 rings (SSSR count). The van der Waals surface area contributed by atoms with Crippen LogP contribution in [-0.4, -0.2) is 0 Å². The molecule has 1 atom stereocenters. The summed E-state index contributed by atoms with van der Waals surface area (Å²) < 4.78 is 13.7. The molecule has 1 N–H and O–H groups in total. The predicted molar refractivity (Wildman–Crippen MR) is 78.1 cm³/mol. The maximum atomic E-state index is 13.7. The summed E-state index contributed by atoms with van der Waals surface area (Å²) in [7, 11) is 0. The van der Waals surface area contributed by atoms with Crippen LogP contribution in [0.1, 0.15) is 24.1 Å². The monoisotopic (exact) mass is 297 g/mol. The Bertz CT molecular complexity index is 572. The zero-order chi connectivity index (χ0) is 13.8. The predicted octanol–water partition coefficient (Wildman–Crippen LogP) is 4.98. The van der Waals surface area contributed by atoms with Crippen molar-refractivity contribution in [3.05, 3.63) is 69.5 Å². The van der Waals surface area contributed by atoms with Gasteiger partial charge in [-0.2, -0.15) is 0 Å². The number of nitrogens with one attached hydrogen (secondary N) is 1. The zero-order valence-corrected chi connectivity index (χ0v) is 12.0. The van der Waals surface area contributed by atoms with Crippen LogP contribution in [0.2, 0.25) is 10.0 Å². The first-order valence-electron chi connectivity index (χ1n) is 6.00. The molecule has 0 fully saturated rings. The first-order valence-corrected chi connectivity index (χ1v) is 6.76. The van der Waals surface area contributed by atoms with E-state index < -0.39 is 0 Å². The number of hydrogen-bond acceptors (Lipinski definition) is 1. The van der Waals surface area contributed by atoms with E-state index >= 15 is 0 Å². The Balaban J connectivity index is 2.07. The molecule has 0 aliphatic heterocycles.